The van der Waals surface area contributed by atoms with Crippen molar-refractivity contribution in [1.82, 2.24) is 0 Å². The number of benzene rings is 1. The van der Waals surface area contributed by atoms with Crippen molar-refractivity contribution in [1.29, 1.82) is 0 Å². The SMILES string of the molecule is N/C(CCOc1cc(Cl)c(Cl)cc1Cl)=N\O. The molecule has 0 heterocycles. The Morgan fingerprint density at radius 3 is 2.50 bits per heavy atom. The van der Waals surface area contributed by atoms with Crippen molar-refractivity contribution in [2.24, 2.45) is 10.9 Å². The van der Waals surface area contributed by atoms with Crippen molar-refractivity contribution in [2.45, 2.75) is 6.42 Å². The molecular weight excluding hydrogens is 274 g/mol. The van der Waals surface area contributed by atoms with Crippen LogP contribution in [0.25, 0.3) is 0 Å². The van der Waals surface area contributed by atoms with Crippen LogP contribution >= 0.6 is 34.8 Å². The van der Waals surface area contributed by atoms with Gasteiger partial charge in [0.15, 0.2) is 0 Å². The van der Waals surface area contributed by atoms with Gasteiger partial charge in [0.1, 0.15) is 11.6 Å². The van der Waals surface area contributed by atoms with Crippen LogP contribution < -0.4 is 10.5 Å². The van der Waals surface area contributed by atoms with Gasteiger partial charge in [-0.15, -0.1) is 0 Å². The van der Waals surface area contributed by atoms with Gasteiger partial charge < -0.3 is 15.7 Å². The van der Waals surface area contributed by atoms with E-state index in [4.69, 9.17) is 50.5 Å². The standard InChI is InChI=1S/C9H9Cl3N2O2/c10-5-3-7(12)8(4-6(5)11)16-2-1-9(13)14-15/h3-4,15H,1-2H2,(H2,13,14). The molecular formula is C9H9Cl3N2O2. The van der Waals surface area contributed by atoms with Crippen LogP contribution in [0, 0.1) is 0 Å². The lowest BCUT2D eigenvalue weighted by Gasteiger charge is -2.08. The molecule has 1 aromatic carbocycles. The van der Waals surface area contributed by atoms with Crippen LogP contribution in [0.4, 0.5) is 0 Å². The molecule has 0 aliphatic rings. The highest BCUT2D eigenvalue weighted by Gasteiger charge is 2.07. The fraction of sp³-hybridized carbons (Fsp3) is 0.222. The lowest BCUT2D eigenvalue weighted by Crippen LogP contribution is -2.15. The Balaban J connectivity index is 2.64. The molecule has 0 atom stereocenters. The molecule has 1 rings (SSSR count). The van der Waals surface area contributed by atoms with E-state index in [1.165, 1.54) is 12.1 Å². The number of ether oxygens (including phenoxy) is 1. The molecule has 0 aliphatic heterocycles. The summed E-state index contributed by atoms with van der Waals surface area (Å²) in [6, 6.07) is 3.00. The molecule has 0 radical (unpaired) electrons. The van der Waals surface area contributed by atoms with Gasteiger partial charge in [0, 0.05) is 12.5 Å². The van der Waals surface area contributed by atoms with Crippen LogP contribution in [0.2, 0.25) is 15.1 Å². The third kappa shape index (κ3) is 3.63. The van der Waals surface area contributed by atoms with E-state index < -0.39 is 0 Å². The lowest BCUT2D eigenvalue weighted by molar-refractivity contribution is 0.305. The van der Waals surface area contributed by atoms with Gasteiger partial charge in [-0.05, 0) is 6.07 Å². The molecule has 0 unspecified atom stereocenters. The number of nitrogens with zero attached hydrogens (tertiary/aromatic N) is 1. The van der Waals surface area contributed by atoms with Gasteiger partial charge in [0.05, 0.1) is 21.7 Å². The van der Waals surface area contributed by atoms with E-state index in [0.717, 1.165) is 0 Å². The first-order valence-electron chi connectivity index (χ1n) is 4.28. The third-order valence-electron chi connectivity index (χ3n) is 1.72. The van der Waals surface area contributed by atoms with Crippen LogP contribution in [0.1, 0.15) is 6.42 Å². The van der Waals surface area contributed by atoms with Gasteiger partial charge in [-0.2, -0.15) is 0 Å². The Labute approximate surface area is 108 Å². The first kappa shape index (κ1) is 13.2. The second kappa shape index (κ2) is 6.03. The Morgan fingerprint density at radius 2 is 1.88 bits per heavy atom. The minimum Gasteiger partial charge on any atom is -0.492 e. The number of oxime groups is 1. The maximum absolute atomic E-state index is 8.31. The molecule has 4 nitrogen and oxygen atoms in total. The van der Waals surface area contributed by atoms with Crippen LogP contribution in [0.3, 0.4) is 0 Å². The second-order valence-corrected chi connectivity index (χ2v) is 4.11. The summed E-state index contributed by atoms with van der Waals surface area (Å²) >= 11 is 17.4. The summed E-state index contributed by atoms with van der Waals surface area (Å²) in [5.74, 6) is 0.484. The predicted octanol–water partition coefficient (Wildman–Crippen LogP) is 3.16. The molecule has 1 aromatic rings. The molecule has 0 fully saturated rings. The fourth-order valence-corrected chi connectivity index (χ4v) is 1.52. The van der Waals surface area contributed by atoms with Gasteiger partial charge in [-0.25, -0.2) is 0 Å². The van der Waals surface area contributed by atoms with Crippen LogP contribution in [-0.4, -0.2) is 17.6 Å². The summed E-state index contributed by atoms with van der Waals surface area (Å²) in [5.41, 5.74) is 5.27. The average molecular weight is 284 g/mol. The minimum atomic E-state index is 0.0798. The lowest BCUT2D eigenvalue weighted by atomic mass is 10.3. The molecule has 0 aromatic heterocycles. The van der Waals surface area contributed by atoms with E-state index in [9.17, 15) is 0 Å². The van der Waals surface area contributed by atoms with Gasteiger partial charge >= 0.3 is 0 Å². The maximum Gasteiger partial charge on any atom is 0.142 e. The number of hydrogen-bond acceptors (Lipinski definition) is 3. The fourth-order valence-electron chi connectivity index (χ4n) is 0.930. The van der Waals surface area contributed by atoms with Gasteiger partial charge in [-0.3, -0.25) is 0 Å². The molecule has 16 heavy (non-hydrogen) atoms. The molecule has 0 amide bonds. The van der Waals surface area contributed by atoms with Gasteiger partial charge in [-0.1, -0.05) is 40.0 Å². The van der Waals surface area contributed by atoms with Crippen molar-refractivity contribution in [2.75, 3.05) is 6.61 Å². The van der Waals surface area contributed by atoms with Crippen molar-refractivity contribution >= 4 is 40.6 Å². The average Bonchev–Trinajstić information content (AvgIpc) is 2.25. The largest absolute Gasteiger partial charge is 0.492 e. The van der Waals surface area contributed by atoms with Gasteiger partial charge in [0.25, 0.3) is 0 Å². The highest BCUT2D eigenvalue weighted by Crippen LogP contribution is 2.33. The van der Waals surface area contributed by atoms with Crippen LogP contribution in [-0.2, 0) is 0 Å². The Bertz CT molecular complexity index is 410. The Morgan fingerprint density at radius 1 is 1.25 bits per heavy atom. The molecule has 0 bridgehead atoms. The number of hydrogen-bond donors (Lipinski definition) is 2. The zero-order chi connectivity index (χ0) is 12.1. The van der Waals surface area contributed by atoms with E-state index in [1.807, 2.05) is 0 Å². The van der Waals surface area contributed by atoms with E-state index in [1.54, 1.807) is 0 Å². The number of halogens is 3. The van der Waals surface area contributed by atoms with Crippen LogP contribution in [0.15, 0.2) is 17.3 Å². The zero-order valence-electron chi connectivity index (χ0n) is 8.08. The van der Waals surface area contributed by atoms with Crippen molar-refractivity contribution in [3.63, 3.8) is 0 Å². The molecule has 0 saturated heterocycles. The first-order chi connectivity index (χ1) is 7.54. The highest BCUT2D eigenvalue weighted by molar-refractivity contribution is 6.43. The minimum absolute atomic E-state index is 0.0798. The quantitative estimate of drug-likeness (QED) is 0.293. The molecule has 3 N–H and O–H groups in total. The van der Waals surface area contributed by atoms with E-state index >= 15 is 0 Å². The van der Waals surface area contributed by atoms with E-state index in [2.05, 4.69) is 5.16 Å². The third-order valence-corrected chi connectivity index (χ3v) is 2.74. The predicted molar refractivity (Wildman–Crippen MR) is 65.0 cm³/mol. The van der Waals surface area contributed by atoms with E-state index in [-0.39, 0.29) is 18.9 Å². The Kier molecular flexibility index (Phi) is 4.99. The topological polar surface area (TPSA) is 67.8 Å². The van der Waals surface area contributed by atoms with Crippen LogP contribution in [0.5, 0.6) is 5.75 Å². The summed E-state index contributed by atoms with van der Waals surface area (Å²) in [6.45, 7) is 0.230. The highest BCUT2D eigenvalue weighted by atomic mass is 35.5. The number of nitrogens with two attached hydrogens (primary N) is 1. The van der Waals surface area contributed by atoms with E-state index in [0.29, 0.717) is 20.8 Å². The first-order valence-corrected chi connectivity index (χ1v) is 5.41. The normalized spacial score (nSPS) is 11.6. The monoisotopic (exact) mass is 282 g/mol. The maximum atomic E-state index is 8.31. The number of rotatable bonds is 4. The summed E-state index contributed by atoms with van der Waals surface area (Å²) in [5, 5.41) is 12.2. The van der Waals surface area contributed by atoms with Crippen molar-refractivity contribution < 1.29 is 9.94 Å². The van der Waals surface area contributed by atoms with Gasteiger partial charge in [0.2, 0.25) is 0 Å². The number of amidine groups is 1. The molecule has 0 saturated carbocycles. The molecule has 7 heteroatoms. The van der Waals surface area contributed by atoms with Crippen molar-refractivity contribution in [3.8, 4) is 5.75 Å². The molecule has 0 aliphatic carbocycles. The smallest absolute Gasteiger partial charge is 0.142 e. The second-order valence-electron chi connectivity index (χ2n) is 2.89. The Hall–Kier alpha value is -0.840. The summed E-state index contributed by atoms with van der Waals surface area (Å²) < 4.78 is 5.30. The summed E-state index contributed by atoms with van der Waals surface area (Å²) in [7, 11) is 0. The van der Waals surface area contributed by atoms with Crippen molar-refractivity contribution in [3.05, 3.63) is 27.2 Å². The molecule has 88 valence electrons. The summed E-state index contributed by atoms with van der Waals surface area (Å²) in [6.07, 6.45) is 0.285. The molecule has 0 spiro atoms. The summed E-state index contributed by atoms with van der Waals surface area (Å²) in [4.78, 5) is 0. The zero-order valence-corrected chi connectivity index (χ0v) is 10.4.